The van der Waals surface area contributed by atoms with Crippen LogP contribution in [0.2, 0.25) is 0 Å². The van der Waals surface area contributed by atoms with Gasteiger partial charge in [-0.25, -0.2) is 13.8 Å². The van der Waals surface area contributed by atoms with Gasteiger partial charge in [-0.3, -0.25) is 5.10 Å². The van der Waals surface area contributed by atoms with Crippen molar-refractivity contribution in [3.05, 3.63) is 95.2 Å². The largest absolute Gasteiger partial charge is 0.351 e. The van der Waals surface area contributed by atoms with E-state index in [1.54, 1.807) is 12.1 Å². The molecule has 0 saturated carbocycles. The first-order valence-electron chi connectivity index (χ1n) is 14.3. The normalized spacial score (nSPS) is 15.5. The lowest BCUT2D eigenvalue weighted by atomic mass is 10.0. The van der Waals surface area contributed by atoms with Gasteiger partial charge in [0.25, 0.3) is 0 Å². The average molecular weight is 569 g/mol. The van der Waals surface area contributed by atoms with Crippen LogP contribution >= 0.6 is 0 Å². The highest BCUT2D eigenvalue weighted by Crippen LogP contribution is 2.32. The number of benzene rings is 3. The van der Waals surface area contributed by atoms with Crippen LogP contribution in [0.5, 0.6) is 0 Å². The molecule has 216 valence electrons. The Bertz CT molecular complexity index is 1650. The van der Waals surface area contributed by atoms with Gasteiger partial charge in [-0.1, -0.05) is 38.1 Å². The second-order valence-corrected chi connectivity index (χ2v) is 11.2. The molecule has 2 N–H and O–H groups in total. The van der Waals surface area contributed by atoms with Gasteiger partial charge < -0.3 is 15.1 Å². The van der Waals surface area contributed by atoms with Crippen LogP contribution in [-0.2, 0) is 13.1 Å². The Labute approximate surface area is 243 Å². The summed E-state index contributed by atoms with van der Waals surface area (Å²) in [5.41, 5.74) is 4.22. The van der Waals surface area contributed by atoms with Gasteiger partial charge in [0.05, 0.1) is 5.52 Å². The molecule has 8 nitrogen and oxygen atoms in total. The maximum absolute atomic E-state index is 14.2. The van der Waals surface area contributed by atoms with E-state index < -0.39 is 0 Å². The predicted octanol–water partition coefficient (Wildman–Crippen LogP) is 5.64. The Balaban J connectivity index is 1.46. The maximum atomic E-state index is 14.2. The van der Waals surface area contributed by atoms with Gasteiger partial charge in [-0.2, -0.15) is 5.10 Å². The lowest BCUT2D eigenvalue weighted by Crippen LogP contribution is -2.53. The first-order valence-corrected chi connectivity index (χ1v) is 14.3. The van der Waals surface area contributed by atoms with Crippen LogP contribution in [0.1, 0.15) is 30.7 Å². The van der Waals surface area contributed by atoms with Crippen molar-refractivity contribution in [2.45, 2.75) is 39.9 Å². The molecule has 0 aliphatic carbocycles. The molecule has 6 rings (SSSR count). The maximum Gasteiger partial charge on any atom is 0.195 e. The van der Waals surface area contributed by atoms with Crippen molar-refractivity contribution in [1.29, 1.82) is 0 Å². The molecule has 0 spiro atoms. The highest BCUT2D eigenvalue weighted by molar-refractivity contribution is 5.85. The quantitative estimate of drug-likeness (QED) is 0.251. The van der Waals surface area contributed by atoms with Crippen molar-refractivity contribution in [3.8, 4) is 11.4 Å². The summed E-state index contributed by atoms with van der Waals surface area (Å²) < 4.78 is 28.4. The second kappa shape index (κ2) is 11.8. The van der Waals surface area contributed by atoms with E-state index in [-0.39, 0.29) is 17.7 Å². The molecule has 1 aliphatic rings. The lowest BCUT2D eigenvalue weighted by Gasteiger charge is -2.38. The van der Waals surface area contributed by atoms with Crippen molar-refractivity contribution in [1.82, 2.24) is 30.7 Å². The highest BCUT2D eigenvalue weighted by Gasteiger charge is 2.28. The van der Waals surface area contributed by atoms with Crippen LogP contribution < -0.4 is 15.1 Å². The number of piperazine rings is 1. The Hall–Kier alpha value is -4.44. The number of aromatic amines is 1. The molecule has 0 amide bonds. The molecule has 1 aliphatic heterocycles. The number of nitrogens with one attached hydrogen (secondary N) is 2. The summed E-state index contributed by atoms with van der Waals surface area (Å²) >= 11 is 0. The molecule has 1 atom stereocenters. The van der Waals surface area contributed by atoms with Gasteiger partial charge in [0.2, 0.25) is 0 Å². The van der Waals surface area contributed by atoms with Crippen LogP contribution in [0.25, 0.3) is 22.3 Å². The molecule has 10 heteroatoms. The minimum Gasteiger partial charge on any atom is -0.351 e. The van der Waals surface area contributed by atoms with Gasteiger partial charge in [0, 0.05) is 55.4 Å². The van der Waals surface area contributed by atoms with E-state index in [9.17, 15) is 8.78 Å². The van der Waals surface area contributed by atoms with E-state index in [0.717, 1.165) is 52.9 Å². The van der Waals surface area contributed by atoms with Crippen molar-refractivity contribution in [2.24, 2.45) is 5.92 Å². The number of halogens is 2. The molecule has 5 aromatic rings. The van der Waals surface area contributed by atoms with Gasteiger partial charge in [-0.05, 0) is 66.4 Å². The van der Waals surface area contributed by atoms with Gasteiger partial charge >= 0.3 is 0 Å². The standard InChI is InChI=1S/C32H34F2N8/c1-20(2)29-19-41(13-12-35-29)31-32(40-39-30(36-31)24-10-11-28-27(16-24)21(3)37-38-28)42(17-22-6-4-8-25(33)14-22)18-23-7-5-9-26(34)15-23/h4-11,14-16,20,29,35H,12-13,17-19H2,1-3H3,(H,37,38). The minimum absolute atomic E-state index is 0.273. The first kappa shape index (κ1) is 27.7. The summed E-state index contributed by atoms with van der Waals surface area (Å²) in [4.78, 5) is 9.37. The number of rotatable bonds is 8. The third kappa shape index (κ3) is 5.94. The number of aromatic nitrogens is 5. The van der Waals surface area contributed by atoms with E-state index in [2.05, 4.69) is 39.4 Å². The number of nitrogens with zero attached hydrogens (tertiary/aromatic N) is 6. The molecular formula is C32H34F2N8. The summed E-state index contributed by atoms with van der Waals surface area (Å²) in [6, 6.07) is 19.2. The van der Waals surface area contributed by atoms with E-state index >= 15 is 0 Å². The average Bonchev–Trinajstić information content (AvgIpc) is 3.36. The van der Waals surface area contributed by atoms with E-state index in [4.69, 9.17) is 10.1 Å². The van der Waals surface area contributed by atoms with Gasteiger partial charge in [0.1, 0.15) is 11.6 Å². The Morgan fingerprint density at radius 1 is 0.952 bits per heavy atom. The number of anilines is 2. The first-order chi connectivity index (χ1) is 20.3. The molecule has 1 unspecified atom stereocenters. The molecule has 0 bridgehead atoms. The molecule has 2 aromatic heterocycles. The fourth-order valence-electron chi connectivity index (χ4n) is 5.46. The minimum atomic E-state index is -0.315. The SMILES string of the molecule is Cc1[nH]nc2ccc(-c3nnc(N(Cc4cccc(F)c4)Cc4cccc(F)c4)c(N4CCNC(C(C)C)C4)n3)cc12. The van der Waals surface area contributed by atoms with E-state index in [1.807, 2.05) is 42.2 Å². The summed E-state index contributed by atoms with van der Waals surface area (Å²) in [5.74, 6) is 1.57. The third-order valence-electron chi connectivity index (χ3n) is 7.79. The third-order valence-corrected chi connectivity index (χ3v) is 7.79. The van der Waals surface area contributed by atoms with Gasteiger partial charge in [0.15, 0.2) is 17.5 Å². The van der Waals surface area contributed by atoms with E-state index in [0.29, 0.717) is 36.5 Å². The van der Waals surface area contributed by atoms with Crippen molar-refractivity contribution >= 4 is 22.5 Å². The zero-order valence-electron chi connectivity index (χ0n) is 24.0. The Morgan fingerprint density at radius 2 is 1.67 bits per heavy atom. The second-order valence-electron chi connectivity index (χ2n) is 11.2. The number of H-pyrrole nitrogens is 1. The summed E-state index contributed by atoms with van der Waals surface area (Å²) in [6.45, 7) is 9.36. The van der Waals surface area contributed by atoms with Crippen molar-refractivity contribution < 1.29 is 8.78 Å². The number of aryl methyl sites for hydroxylation is 1. The molecule has 1 saturated heterocycles. The Kier molecular flexibility index (Phi) is 7.80. The van der Waals surface area contributed by atoms with Crippen molar-refractivity contribution in [3.63, 3.8) is 0 Å². The number of hydrogen-bond acceptors (Lipinski definition) is 7. The van der Waals surface area contributed by atoms with Gasteiger partial charge in [-0.15, -0.1) is 10.2 Å². The monoisotopic (exact) mass is 568 g/mol. The van der Waals surface area contributed by atoms with Crippen LogP contribution in [-0.4, -0.2) is 51.1 Å². The molecule has 0 radical (unpaired) electrons. The predicted molar refractivity (Wildman–Crippen MR) is 161 cm³/mol. The smallest absolute Gasteiger partial charge is 0.195 e. The number of hydrogen-bond donors (Lipinski definition) is 2. The fourth-order valence-corrected chi connectivity index (χ4v) is 5.46. The lowest BCUT2D eigenvalue weighted by molar-refractivity contribution is 0.367. The molecule has 3 heterocycles. The summed E-state index contributed by atoms with van der Waals surface area (Å²) in [6.07, 6.45) is 0. The summed E-state index contributed by atoms with van der Waals surface area (Å²) in [7, 11) is 0. The topological polar surface area (TPSA) is 85.9 Å². The zero-order valence-corrected chi connectivity index (χ0v) is 24.0. The van der Waals surface area contributed by atoms with Crippen molar-refractivity contribution in [2.75, 3.05) is 29.4 Å². The summed E-state index contributed by atoms with van der Waals surface area (Å²) in [5, 5.41) is 21.4. The Morgan fingerprint density at radius 3 is 2.33 bits per heavy atom. The van der Waals surface area contributed by atoms with Crippen LogP contribution in [0.3, 0.4) is 0 Å². The molecule has 3 aromatic carbocycles. The zero-order chi connectivity index (χ0) is 29.2. The van der Waals surface area contributed by atoms with Crippen LogP contribution in [0, 0.1) is 24.5 Å². The molecule has 1 fully saturated rings. The fraction of sp³-hybridized carbons (Fsp3) is 0.312. The van der Waals surface area contributed by atoms with Crippen LogP contribution in [0.4, 0.5) is 20.4 Å². The number of fused-ring (bicyclic) bond motifs is 1. The highest BCUT2D eigenvalue weighted by atomic mass is 19.1. The van der Waals surface area contributed by atoms with Crippen LogP contribution in [0.15, 0.2) is 66.7 Å². The molecular weight excluding hydrogens is 534 g/mol. The van der Waals surface area contributed by atoms with E-state index in [1.165, 1.54) is 24.3 Å². The molecule has 42 heavy (non-hydrogen) atoms.